The van der Waals surface area contributed by atoms with E-state index in [-0.39, 0.29) is 17.6 Å². The van der Waals surface area contributed by atoms with Crippen LogP contribution in [0.25, 0.3) is 10.9 Å². The Morgan fingerprint density at radius 3 is 2.83 bits per heavy atom. The van der Waals surface area contributed by atoms with Gasteiger partial charge in [-0.3, -0.25) is 4.79 Å². The third kappa shape index (κ3) is 3.27. The van der Waals surface area contributed by atoms with Crippen molar-refractivity contribution in [2.45, 2.75) is 58.2 Å². The highest BCUT2D eigenvalue weighted by Crippen LogP contribution is 2.26. The minimum Gasteiger partial charge on any atom is -0.375 e. The summed E-state index contributed by atoms with van der Waals surface area (Å²) in [5.41, 5.74) is 1.70. The van der Waals surface area contributed by atoms with E-state index in [0.29, 0.717) is 12.6 Å². The van der Waals surface area contributed by atoms with Gasteiger partial charge in [0.15, 0.2) is 0 Å². The van der Waals surface area contributed by atoms with Crippen molar-refractivity contribution in [1.29, 1.82) is 0 Å². The summed E-state index contributed by atoms with van der Waals surface area (Å²) in [5, 5.41) is 4.21. The maximum atomic E-state index is 12.8. The summed E-state index contributed by atoms with van der Waals surface area (Å²) in [6.45, 7) is 9.15. The third-order valence-electron chi connectivity index (χ3n) is 4.60. The lowest BCUT2D eigenvalue weighted by molar-refractivity contribution is -0.0615. The number of nitrogens with one attached hydrogen (secondary N) is 1. The zero-order chi connectivity index (χ0) is 16.6. The molecule has 2 aromatic rings. The average Bonchev–Trinajstić information content (AvgIpc) is 2.89. The third-order valence-corrected chi connectivity index (χ3v) is 4.60. The molecule has 0 unspecified atom stereocenters. The second-order valence-corrected chi connectivity index (χ2v) is 7.33. The van der Waals surface area contributed by atoms with Crippen molar-refractivity contribution in [3.8, 4) is 0 Å². The van der Waals surface area contributed by atoms with Gasteiger partial charge in [0.2, 0.25) is 0 Å². The fourth-order valence-corrected chi connectivity index (χ4v) is 3.45. The highest BCUT2D eigenvalue weighted by molar-refractivity contribution is 6.06. The highest BCUT2D eigenvalue weighted by Gasteiger charge is 2.30. The minimum atomic E-state index is -0.164. The molecular formula is C19H26N2O2. The van der Waals surface area contributed by atoms with Crippen LogP contribution in [0.4, 0.5) is 0 Å². The van der Waals surface area contributed by atoms with Gasteiger partial charge in [-0.05, 0) is 58.7 Å². The first-order valence-electron chi connectivity index (χ1n) is 8.42. The van der Waals surface area contributed by atoms with Gasteiger partial charge in [0.05, 0.1) is 5.60 Å². The molecule has 0 radical (unpaired) electrons. The van der Waals surface area contributed by atoms with E-state index in [1.165, 1.54) is 0 Å². The fourth-order valence-electron chi connectivity index (χ4n) is 3.45. The molecule has 1 atom stereocenters. The van der Waals surface area contributed by atoms with Gasteiger partial charge in [0.1, 0.15) is 0 Å². The Morgan fingerprint density at radius 2 is 2.13 bits per heavy atom. The summed E-state index contributed by atoms with van der Waals surface area (Å²) in [7, 11) is 0. The monoisotopic (exact) mass is 314 g/mol. The van der Waals surface area contributed by atoms with Crippen LogP contribution in [0.5, 0.6) is 0 Å². The van der Waals surface area contributed by atoms with Crippen LogP contribution in [0.15, 0.2) is 30.5 Å². The number of carbonyl (C=O) groups is 1. The van der Waals surface area contributed by atoms with Gasteiger partial charge in [0.25, 0.3) is 5.91 Å². The Morgan fingerprint density at radius 1 is 1.35 bits per heavy atom. The van der Waals surface area contributed by atoms with Crippen molar-refractivity contribution in [3.05, 3.63) is 36.0 Å². The van der Waals surface area contributed by atoms with Crippen LogP contribution < -0.4 is 5.32 Å². The smallest absolute Gasteiger partial charge is 0.252 e. The lowest BCUT2D eigenvalue weighted by atomic mass is 9.93. The number of amides is 1. The quantitative estimate of drug-likeness (QED) is 0.933. The molecule has 3 rings (SSSR count). The van der Waals surface area contributed by atoms with Gasteiger partial charge in [-0.25, -0.2) is 0 Å². The van der Waals surface area contributed by atoms with Crippen molar-refractivity contribution in [2.75, 3.05) is 6.61 Å². The zero-order valence-electron chi connectivity index (χ0n) is 14.4. The molecule has 1 aliphatic heterocycles. The van der Waals surface area contributed by atoms with E-state index in [9.17, 15) is 4.79 Å². The lowest BCUT2D eigenvalue weighted by Gasteiger charge is -2.35. The predicted molar refractivity (Wildman–Crippen MR) is 92.8 cm³/mol. The molecule has 1 aromatic carbocycles. The minimum absolute atomic E-state index is 0.0137. The number of benzene rings is 1. The van der Waals surface area contributed by atoms with E-state index >= 15 is 0 Å². The van der Waals surface area contributed by atoms with Gasteiger partial charge in [-0.2, -0.15) is 0 Å². The molecule has 4 nitrogen and oxygen atoms in total. The van der Waals surface area contributed by atoms with E-state index < -0.39 is 0 Å². The molecule has 0 spiro atoms. The van der Waals surface area contributed by atoms with Crippen molar-refractivity contribution >= 4 is 16.8 Å². The first-order valence-corrected chi connectivity index (χ1v) is 8.42. The molecular weight excluding hydrogens is 288 g/mol. The topological polar surface area (TPSA) is 43.3 Å². The van der Waals surface area contributed by atoms with Gasteiger partial charge in [-0.1, -0.05) is 6.07 Å². The number of rotatable bonds is 3. The first kappa shape index (κ1) is 16.1. The Bertz CT molecular complexity index is 715. The SMILES string of the molecule is CC(C)n1ccc2c(C(=O)N[C@@H]3CCOC(C)(C)C3)cccc21. The maximum absolute atomic E-state index is 12.8. The summed E-state index contributed by atoms with van der Waals surface area (Å²) in [6.07, 6.45) is 3.78. The molecule has 1 aliphatic rings. The fraction of sp³-hybridized carbons (Fsp3) is 0.526. The number of ether oxygens (including phenoxy) is 1. The van der Waals surface area contributed by atoms with Crippen LogP contribution in [0, 0.1) is 0 Å². The largest absolute Gasteiger partial charge is 0.375 e. The molecule has 0 saturated carbocycles. The Balaban J connectivity index is 1.84. The van der Waals surface area contributed by atoms with Crippen LogP contribution in [0.1, 0.15) is 56.9 Å². The Kier molecular flexibility index (Phi) is 4.19. The van der Waals surface area contributed by atoms with Gasteiger partial charge in [-0.15, -0.1) is 0 Å². The number of carbonyl (C=O) groups excluding carboxylic acids is 1. The van der Waals surface area contributed by atoms with Crippen LogP contribution in [0.3, 0.4) is 0 Å². The number of aromatic nitrogens is 1. The number of hydrogen-bond acceptors (Lipinski definition) is 2. The normalized spacial score (nSPS) is 20.8. The van der Waals surface area contributed by atoms with E-state index in [2.05, 4.69) is 49.8 Å². The summed E-state index contributed by atoms with van der Waals surface area (Å²) in [6, 6.07) is 8.54. The van der Waals surface area contributed by atoms with Crippen LogP contribution in [-0.4, -0.2) is 28.7 Å². The molecule has 23 heavy (non-hydrogen) atoms. The van der Waals surface area contributed by atoms with Crippen molar-refractivity contribution in [1.82, 2.24) is 9.88 Å². The second-order valence-electron chi connectivity index (χ2n) is 7.33. The molecule has 0 bridgehead atoms. The van der Waals surface area contributed by atoms with Crippen LogP contribution in [-0.2, 0) is 4.74 Å². The Hall–Kier alpha value is -1.81. The number of nitrogens with zero attached hydrogens (tertiary/aromatic N) is 1. The summed E-state index contributed by atoms with van der Waals surface area (Å²) in [4.78, 5) is 12.8. The molecule has 2 heterocycles. The average molecular weight is 314 g/mol. The van der Waals surface area contributed by atoms with Crippen LogP contribution in [0.2, 0.25) is 0 Å². The maximum Gasteiger partial charge on any atom is 0.252 e. The molecule has 1 aromatic heterocycles. The van der Waals surface area contributed by atoms with E-state index in [1.807, 2.05) is 18.2 Å². The van der Waals surface area contributed by atoms with Gasteiger partial charge in [0, 0.05) is 41.4 Å². The van der Waals surface area contributed by atoms with Crippen molar-refractivity contribution in [3.63, 3.8) is 0 Å². The standard InChI is InChI=1S/C19H26N2O2/c1-13(2)21-10-8-15-16(6-5-7-17(15)21)18(22)20-14-9-11-23-19(3,4)12-14/h5-8,10,13-14H,9,11-12H2,1-4H3,(H,20,22)/t14-/m1/s1. The lowest BCUT2D eigenvalue weighted by Crippen LogP contribution is -2.45. The molecule has 1 saturated heterocycles. The molecule has 4 heteroatoms. The second kappa shape index (κ2) is 6.00. The summed E-state index contributed by atoms with van der Waals surface area (Å²) in [5.74, 6) is 0.0137. The molecule has 124 valence electrons. The molecule has 1 amide bonds. The van der Waals surface area contributed by atoms with Crippen molar-refractivity contribution < 1.29 is 9.53 Å². The van der Waals surface area contributed by atoms with E-state index in [1.54, 1.807) is 0 Å². The van der Waals surface area contributed by atoms with Crippen LogP contribution >= 0.6 is 0 Å². The van der Waals surface area contributed by atoms with Gasteiger partial charge < -0.3 is 14.6 Å². The predicted octanol–water partition coefficient (Wildman–Crippen LogP) is 3.91. The van der Waals surface area contributed by atoms with Crippen molar-refractivity contribution in [2.24, 2.45) is 0 Å². The summed E-state index contributed by atoms with van der Waals surface area (Å²) < 4.78 is 7.93. The van der Waals surface area contributed by atoms with E-state index in [0.717, 1.165) is 29.3 Å². The van der Waals surface area contributed by atoms with E-state index in [4.69, 9.17) is 4.74 Å². The number of fused-ring (bicyclic) bond motifs is 1. The molecule has 1 N–H and O–H groups in total. The first-order chi connectivity index (χ1) is 10.9. The zero-order valence-corrected chi connectivity index (χ0v) is 14.4. The Labute approximate surface area is 137 Å². The highest BCUT2D eigenvalue weighted by atomic mass is 16.5. The number of hydrogen-bond donors (Lipinski definition) is 1. The molecule has 1 fully saturated rings. The molecule has 0 aliphatic carbocycles. The van der Waals surface area contributed by atoms with Gasteiger partial charge >= 0.3 is 0 Å². The summed E-state index contributed by atoms with van der Waals surface area (Å²) >= 11 is 0.